The van der Waals surface area contributed by atoms with Gasteiger partial charge in [-0.1, -0.05) is 143 Å². The van der Waals surface area contributed by atoms with E-state index in [-0.39, 0.29) is 11.3 Å². The second-order valence-corrected chi connectivity index (χ2v) is 16.5. The lowest BCUT2D eigenvalue weighted by Crippen LogP contribution is -2.30. The van der Waals surface area contributed by atoms with Gasteiger partial charge >= 0.3 is 0 Å². The van der Waals surface area contributed by atoms with Crippen LogP contribution in [0, 0.1) is 18.8 Å². The van der Waals surface area contributed by atoms with Crippen molar-refractivity contribution in [2.75, 3.05) is 0 Å². The Labute approximate surface area is 358 Å². The van der Waals surface area contributed by atoms with Crippen molar-refractivity contribution in [2.45, 2.75) is 86.5 Å². The van der Waals surface area contributed by atoms with Crippen molar-refractivity contribution in [2.24, 2.45) is 11.8 Å². The fraction of sp³-hybridized carbons (Fsp3) is 0.268. The van der Waals surface area contributed by atoms with E-state index in [9.17, 15) is 0 Å². The number of allylic oxidation sites excluding steroid dienone is 19. The summed E-state index contributed by atoms with van der Waals surface area (Å²) in [5.74, 6) is 1.25. The lowest BCUT2D eigenvalue weighted by Gasteiger charge is -2.34. The molecule has 0 saturated heterocycles. The van der Waals surface area contributed by atoms with Crippen LogP contribution in [-0.2, 0) is 5.41 Å². The lowest BCUT2D eigenvalue weighted by atomic mass is 9.70. The van der Waals surface area contributed by atoms with Crippen LogP contribution in [0.15, 0.2) is 145 Å². The molecule has 4 aromatic rings. The Morgan fingerprint density at radius 2 is 1.85 bits per heavy atom. The second kappa shape index (κ2) is 18.0. The molecule has 4 heteroatoms. The van der Waals surface area contributed by atoms with E-state index < -0.39 is 0 Å². The van der Waals surface area contributed by atoms with Gasteiger partial charge in [0.25, 0.3) is 0 Å². The van der Waals surface area contributed by atoms with Gasteiger partial charge in [-0.2, -0.15) is 0 Å². The predicted octanol–water partition coefficient (Wildman–Crippen LogP) is 13.0. The highest BCUT2D eigenvalue weighted by molar-refractivity contribution is 5.89. The van der Waals surface area contributed by atoms with E-state index in [0.29, 0.717) is 5.92 Å². The molecule has 1 aromatic carbocycles. The van der Waals surface area contributed by atoms with Crippen LogP contribution >= 0.6 is 0 Å². The van der Waals surface area contributed by atoms with Gasteiger partial charge in [0.05, 0.1) is 17.1 Å². The molecule has 3 heterocycles. The SMILES string of the molecule is C=C/C=C\c1c(C)n(/C(C=C)=C/C=C(\C)c2cc(C3=C(/C=C\C)C(C)CC4=C3C=CCC4)nc(C3=CC(C)C(C)(c4nccc5ccccc45)C=C3)n2)c(=C/C)/c1=C\CC. The zero-order chi connectivity index (χ0) is 42.6. The first-order valence-electron chi connectivity index (χ1n) is 21.7. The van der Waals surface area contributed by atoms with Crippen LogP contribution in [0.25, 0.3) is 51.4 Å². The topological polar surface area (TPSA) is 43.6 Å². The lowest BCUT2D eigenvalue weighted by molar-refractivity contribution is 0.451. The van der Waals surface area contributed by atoms with Crippen LogP contribution in [0.5, 0.6) is 0 Å². The third-order valence-electron chi connectivity index (χ3n) is 12.7. The Balaban J connectivity index is 1.40. The number of aromatic nitrogens is 4. The molecule has 4 nitrogen and oxygen atoms in total. The molecule has 3 unspecified atom stereocenters. The summed E-state index contributed by atoms with van der Waals surface area (Å²) >= 11 is 0. The third-order valence-corrected chi connectivity index (χ3v) is 12.7. The van der Waals surface area contributed by atoms with Crippen LogP contribution in [0.2, 0.25) is 0 Å². The van der Waals surface area contributed by atoms with Crippen LogP contribution < -0.4 is 10.6 Å². The van der Waals surface area contributed by atoms with Gasteiger partial charge in [0.1, 0.15) is 0 Å². The summed E-state index contributed by atoms with van der Waals surface area (Å²) in [6.45, 7) is 25.9. The van der Waals surface area contributed by atoms with E-state index in [1.165, 1.54) is 43.8 Å². The van der Waals surface area contributed by atoms with E-state index in [1.54, 1.807) is 0 Å². The zero-order valence-corrected chi connectivity index (χ0v) is 36.9. The average molecular weight is 789 g/mol. The number of nitrogens with zero attached hydrogens (tertiary/aromatic N) is 4. The zero-order valence-electron chi connectivity index (χ0n) is 36.9. The van der Waals surface area contributed by atoms with Crippen molar-refractivity contribution in [3.8, 4) is 0 Å². The quantitative estimate of drug-likeness (QED) is 0.142. The van der Waals surface area contributed by atoms with Gasteiger partial charge in [-0.3, -0.25) is 4.98 Å². The van der Waals surface area contributed by atoms with Crippen LogP contribution in [-0.4, -0.2) is 19.5 Å². The summed E-state index contributed by atoms with van der Waals surface area (Å²) in [5, 5.41) is 4.76. The molecule has 3 aromatic heterocycles. The van der Waals surface area contributed by atoms with Gasteiger partial charge in [-0.15, -0.1) is 0 Å². The fourth-order valence-electron chi connectivity index (χ4n) is 9.28. The smallest absolute Gasteiger partial charge is 0.160 e. The molecule has 0 bridgehead atoms. The Bertz CT molecular complexity index is 2780. The first-order valence-corrected chi connectivity index (χ1v) is 21.7. The van der Waals surface area contributed by atoms with Crippen molar-refractivity contribution in [3.05, 3.63) is 190 Å². The number of rotatable bonds is 11. The predicted molar refractivity (Wildman–Crippen MR) is 259 cm³/mol. The second-order valence-electron chi connectivity index (χ2n) is 16.5. The van der Waals surface area contributed by atoms with Crippen molar-refractivity contribution < 1.29 is 0 Å². The molecule has 3 aliphatic rings. The van der Waals surface area contributed by atoms with Crippen molar-refractivity contribution in [1.29, 1.82) is 0 Å². The minimum Gasteiger partial charge on any atom is -0.314 e. The molecule has 0 aliphatic heterocycles. The molecule has 3 atom stereocenters. The van der Waals surface area contributed by atoms with Gasteiger partial charge in [0.15, 0.2) is 5.82 Å². The van der Waals surface area contributed by atoms with Crippen molar-refractivity contribution in [3.63, 3.8) is 0 Å². The molecule has 0 N–H and O–H groups in total. The standard InChI is InChI=1S/C56H60N4/c1-11-16-25-46-40(9)60(52(15-5)49(46)22-13-3)44(14-4)29-28-37(6)50-36-51(53-45(21-12-2)38(7)34-42-24-18-19-26-47(42)53)59-55(58-50)43-30-32-56(10,39(8)35-43)54-48-27-20-17-23-41(48)31-33-57-54/h11-12,14-17,19-23,25-33,35-36,38-39H,1,4,13,18,24,34H2,2-3,5-10H3/b21-12-,25-16-,37-28+,44-29+,49-22-,52-15+. The van der Waals surface area contributed by atoms with Crippen molar-refractivity contribution in [1.82, 2.24) is 19.5 Å². The summed E-state index contributed by atoms with van der Waals surface area (Å²) in [7, 11) is 0. The molecule has 0 fully saturated rings. The monoisotopic (exact) mass is 788 g/mol. The van der Waals surface area contributed by atoms with E-state index in [1.807, 2.05) is 24.4 Å². The minimum atomic E-state index is -0.305. The summed E-state index contributed by atoms with van der Waals surface area (Å²) in [6, 6.07) is 12.9. The maximum absolute atomic E-state index is 5.48. The van der Waals surface area contributed by atoms with Gasteiger partial charge in [-0.25, -0.2) is 9.97 Å². The molecular formula is C56H60N4. The molecule has 0 amide bonds. The van der Waals surface area contributed by atoms with E-state index >= 15 is 0 Å². The van der Waals surface area contributed by atoms with Gasteiger partial charge in [0.2, 0.25) is 0 Å². The molecule has 304 valence electrons. The summed E-state index contributed by atoms with van der Waals surface area (Å²) in [6.07, 6.45) is 38.9. The highest BCUT2D eigenvalue weighted by atomic mass is 15.0. The van der Waals surface area contributed by atoms with E-state index in [4.69, 9.17) is 15.0 Å². The van der Waals surface area contributed by atoms with E-state index in [0.717, 1.165) is 76.5 Å². The average Bonchev–Trinajstić information content (AvgIpc) is 3.52. The minimum absolute atomic E-state index is 0.139. The molecule has 0 saturated carbocycles. The van der Waals surface area contributed by atoms with E-state index in [2.05, 4.69) is 182 Å². The molecule has 60 heavy (non-hydrogen) atoms. The summed E-state index contributed by atoms with van der Waals surface area (Å²) in [5.41, 5.74) is 13.4. The summed E-state index contributed by atoms with van der Waals surface area (Å²) < 4.78 is 2.31. The van der Waals surface area contributed by atoms with Crippen LogP contribution in [0.3, 0.4) is 0 Å². The number of hydrogen-bond donors (Lipinski definition) is 0. The Hall–Kier alpha value is -6.13. The Kier molecular flexibility index (Phi) is 12.6. The van der Waals surface area contributed by atoms with Crippen molar-refractivity contribution >= 4 is 51.4 Å². The third kappa shape index (κ3) is 7.84. The van der Waals surface area contributed by atoms with Gasteiger partial charge in [0, 0.05) is 55.7 Å². The highest BCUT2D eigenvalue weighted by Gasteiger charge is 2.35. The van der Waals surface area contributed by atoms with Gasteiger partial charge < -0.3 is 4.57 Å². The molecule has 0 spiro atoms. The molecule has 0 radical (unpaired) electrons. The Morgan fingerprint density at radius 1 is 1.03 bits per heavy atom. The highest BCUT2D eigenvalue weighted by Crippen LogP contribution is 2.45. The number of hydrogen-bond acceptors (Lipinski definition) is 3. The first-order chi connectivity index (χ1) is 29.1. The van der Waals surface area contributed by atoms with Gasteiger partial charge in [-0.05, 0) is 119 Å². The largest absolute Gasteiger partial charge is 0.314 e. The Morgan fingerprint density at radius 3 is 2.58 bits per heavy atom. The normalized spacial score (nSPS) is 21.8. The molecule has 7 rings (SSSR count). The maximum Gasteiger partial charge on any atom is 0.160 e. The number of benzene rings is 1. The first kappa shape index (κ1) is 42.0. The van der Waals surface area contributed by atoms with Crippen LogP contribution in [0.4, 0.5) is 0 Å². The van der Waals surface area contributed by atoms with Crippen LogP contribution in [0.1, 0.15) is 108 Å². The number of fused-ring (bicyclic) bond motifs is 1. The molecular weight excluding hydrogens is 729 g/mol. The summed E-state index contributed by atoms with van der Waals surface area (Å²) in [4.78, 5) is 15.8. The fourth-order valence-corrected chi connectivity index (χ4v) is 9.28. The molecule has 3 aliphatic carbocycles. The number of pyridine rings is 1. The maximum atomic E-state index is 5.48.